The van der Waals surface area contributed by atoms with Crippen LogP contribution in [0.25, 0.3) is 0 Å². The lowest BCUT2D eigenvalue weighted by atomic mass is 10.0. The van der Waals surface area contributed by atoms with E-state index in [0.29, 0.717) is 31.4 Å². The molecule has 1 aliphatic heterocycles. The molecule has 0 aromatic rings. The molecule has 6 atom stereocenters. The zero-order valence-corrected chi connectivity index (χ0v) is 29.7. The molecule has 0 aliphatic carbocycles. The van der Waals surface area contributed by atoms with Crippen LogP contribution in [-0.4, -0.2) is 129 Å². The fourth-order valence-electron chi connectivity index (χ4n) is 5.34. The molecule has 1 fully saturated rings. The molecule has 0 spiro atoms. The van der Waals surface area contributed by atoms with Gasteiger partial charge in [-0.05, 0) is 75.8 Å². The number of likely N-dealkylation sites (tertiary alicyclic amines) is 1. The maximum Gasteiger partial charge on any atom is 0.326 e. The molecule has 6 unspecified atom stereocenters. The Morgan fingerprint density at radius 1 is 0.800 bits per heavy atom. The van der Waals surface area contributed by atoms with E-state index in [-0.39, 0.29) is 44.7 Å². The number of hydrogen-bond donors (Lipinski definition) is 9. The van der Waals surface area contributed by atoms with Gasteiger partial charge in [0.05, 0.1) is 12.5 Å². The standard InChI is InChI=1S/C31H53N7O11S/c1-17(2)15-22(31(48)49)37-29(46)23-8-6-13-38(23)30(47)20(11-14-50-3)35-27(44)19(7-4-5-12-32)34-28(45)21(16-25(41)42)36-26(43)18(33)9-10-24(39)40/h17-23H,4-16,32-33H2,1-3H3,(H,34,45)(H,35,44)(H,36,43)(H,37,46)(H,39,40)(H,41,42)(H,48,49). The molecule has 50 heavy (non-hydrogen) atoms. The molecule has 0 bridgehead atoms. The summed E-state index contributed by atoms with van der Waals surface area (Å²) in [6.07, 6.45) is 2.24. The molecule has 1 heterocycles. The molecule has 11 N–H and O–H groups in total. The number of amides is 5. The summed E-state index contributed by atoms with van der Waals surface area (Å²) in [7, 11) is 0. The molecule has 0 radical (unpaired) electrons. The number of unbranched alkanes of at least 4 members (excludes halogenated alkanes) is 1. The number of nitrogens with two attached hydrogens (primary N) is 2. The molecule has 284 valence electrons. The normalized spacial score (nSPS) is 17.2. The molecule has 18 nitrogen and oxygen atoms in total. The Morgan fingerprint density at radius 3 is 1.98 bits per heavy atom. The van der Waals surface area contributed by atoms with E-state index in [1.54, 1.807) is 6.26 Å². The van der Waals surface area contributed by atoms with Gasteiger partial charge < -0.3 is 53.0 Å². The predicted octanol–water partition coefficient (Wildman–Crippen LogP) is -1.40. The summed E-state index contributed by atoms with van der Waals surface area (Å²) in [5.41, 5.74) is 11.3. The summed E-state index contributed by atoms with van der Waals surface area (Å²) >= 11 is 1.41. The number of carboxylic acids is 3. The maximum atomic E-state index is 13.9. The van der Waals surface area contributed by atoms with Gasteiger partial charge in [-0.25, -0.2) is 4.79 Å². The van der Waals surface area contributed by atoms with E-state index < -0.39 is 96.5 Å². The molecule has 5 amide bonds. The van der Waals surface area contributed by atoms with Crippen LogP contribution in [0.2, 0.25) is 0 Å². The Balaban J connectivity index is 3.21. The topological polar surface area (TPSA) is 301 Å². The van der Waals surface area contributed by atoms with E-state index in [2.05, 4.69) is 21.3 Å². The molecular weight excluding hydrogens is 678 g/mol. The number of carbonyl (C=O) groups is 8. The summed E-state index contributed by atoms with van der Waals surface area (Å²) < 4.78 is 0. The average Bonchev–Trinajstić information content (AvgIpc) is 3.53. The molecule has 0 saturated carbocycles. The van der Waals surface area contributed by atoms with E-state index in [1.807, 2.05) is 13.8 Å². The summed E-state index contributed by atoms with van der Waals surface area (Å²) in [5, 5.41) is 37.7. The van der Waals surface area contributed by atoms with Gasteiger partial charge in [-0.3, -0.25) is 33.6 Å². The summed E-state index contributed by atoms with van der Waals surface area (Å²) in [6, 6.07) is -7.50. The average molecular weight is 732 g/mol. The van der Waals surface area contributed by atoms with Crippen molar-refractivity contribution < 1.29 is 53.7 Å². The second kappa shape index (κ2) is 22.7. The van der Waals surface area contributed by atoms with Crippen LogP contribution in [0.4, 0.5) is 0 Å². The highest BCUT2D eigenvalue weighted by Gasteiger charge is 2.39. The Hall–Kier alpha value is -3.97. The lowest BCUT2D eigenvalue weighted by Gasteiger charge is -2.30. The predicted molar refractivity (Wildman–Crippen MR) is 183 cm³/mol. The van der Waals surface area contributed by atoms with Crippen LogP contribution in [0, 0.1) is 5.92 Å². The highest BCUT2D eigenvalue weighted by molar-refractivity contribution is 7.98. The van der Waals surface area contributed by atoms with Crippen molar-refractivity contribution in [1.82, 2.24) is 26.2 Å². The Kier molecular flexibility index (Phi) is 20.0. The minimum atomic E-state index is -1.66. The number of carboxylic acid groups (broad SMARTS) is 3. The van der Waals surface area contributed by atoms with E-state index in [9.17, 15) is 48.6 Å². The third-order valence-electron chi connectivity index (χ3n) is 7.98. The number of carbonyl (C=O) groups excluding carboxylic acids is 5. The van der Waals surface area contributed by atoms with Gasteiger partial charge in [0.1, 0.15) is 30.2 Å². The fourth-order valence-corrected chi connectivity index (χ4v) is 5.81. The van der Waals surface area contributed by atoms with Crippen molar-refractivity contribution in [2.75, 3.05) is 25.1 Å². The van der Waals surface area contributed by atoms with Crippen LogP contribution in [0.5, 0.6) is 0 Å². The minimum absolute atomic E-state index is 0.0146. The van der Waals surface area contributed by atoms with Gasteiger partial charge in [0.15, 0.2) is 0 Å². The molecule has 1 aliphatic rings. The molecule has 1 rings (SSSR count). The maximum absolute atomic E-state index is 13.9. The van der Waals surface area contributed by atoms with E-state index in [1.165, 1.54) is 16.7 Å². The van der Waals surface area contributed by atoms with Crippen LogP contribution in [0.3, 0.4) is 0 Å². The third kappa shape index (κ3) is 15.7. The van der Waals surface area contributed by atoms with Gasteiger partial charge in [-0.15, -0.1) is 0 Å². The van der Waals surface area contributed by atoms with Gasteiger partial charge in [-0.2, -0.15) is 11.8 Å². The summed E-state index contributed by atoms with van der Waals surface area (Å²) in [6.45, 7) is 4.12. The number of nitrogens with zero attached hydrogens (tertiary/aromatic N) is 1. The molecule has 0 aromatic heterocycles. The van der Waals surface area contributed by atoms with Gasteiger partial charge in [0.25, 0.3) is 0 Å². The molecular formula is C31H53N7O11S. The van der Waals surface area contributed by atoms with Gasteiger partial charge in [0.2, 0.25) is 29.5 Å². The van der Waals surface area contributed by atoms with Crippen LogP contribution in [-0.2, 0) is 38.4 Å². The second-order valence-electron chi connectivity index (χ2n) is 12.6. The number of rotatable bonds is 24. The van der Waals surface area contributed by atoms with Gasteiger partial charge in [-0.1, -0.05) is 13.8 Å². The number of hydrogen-bond acceptors (Lipinski definition) is 11. The SMILES string of the molecule is CSCCC(NC(=O)C(CCCCN)NC(=O)C(CC(=O)O)NC(=O)C(N)CCC(=O)O)C(=O)N1CCCC1C(=O)NC(CC(C)C)C(=O)O. The zero-order chi connectivity index (χ0) is 38.0. The van der Waals surface area contributed by atoms with Crippen molar-refractivity contribution >= 4 is 59.2 Å². The monoisotopic (exact) mass is 731 g/mol. The van der Waals surface area contributed by atoms with Crippen molar-refractivity contribution in [3.05, 3.63) is 0 Å². The van der Waals surface area contributed by atoms with Crippen LogP contribution >= 0.6 is 11.8 Å². The highest BCUT2D eigenvalue weighted by Crippen LogP contribution is 2.21. The van der Waals surface area contributed by atoms with Crippen LogP contribution < -0.4 is 32.7 Å². The molecule has 1 saturated heterocycles. The first-order valence-electron chi connectivity index (χ1n) is 16.6. The number of nitrogens with one attached hydrogen (secondary N) is 4. The summed E-state index contributed by atoms with van der Waals surface area (Å²) in [5.74, 6) is -7.32. The van der Waals surface area contributed by atoms with Crippen LogP contribution in [0.1, 0.15) is 78.1 Å². The zero-order valence-electron chi connectivity index (χ0n) is 28.9. The lowest BCUT2D eigenvalue weighted by molar-refractivity contribution is -0.145. The second-order valence-corrected chi connectivity index (χ2v) is 13.6. The Morgan fingerprint density at radius 2 is 1.42 bits per heavy atom. The highest BCUT2D eigenvalue weighted by atomic mass is 32.2. The van der Waals surface area contributed by atoms with E-state index in [0.717, 1.165) is 0 Å². The van der Waals surface area contributed by atoms with Gasteiger partial charge >= 0.3 is 17.9 Å². The third-order valence-corrected chi connectivity index (χ3v) is 8.63. The lowest BCUT2D eigenvalue weighted by Crippen LogP contribution is -2.59. The minimum Gasteiger partial charge on any atom is -0.481 e. The molecule has 19 heteroatoms. The smallest absolute Gasteiger partial charge is 0.326 e. The first-order valence-corrected chi connectivity index (χ1v) is 18.0. The Bertz CT molecular complexity index is 1210. The van der Waals surface area contributed by atoms with E-state index >= 15 is 0 Å². The first-order chi connectivity index (χ1) is 23.5. The molecule has 0 aromatic carbocycles. The van der Waals surface area contributed by atoms with E-state index in [4.69, 9.17) is 16.6 Å². The van der Waals surface area contributed by atoms with Crippen molar-refractivity contribution in [3.8, 4) is 0 Å². The van der Waals surface area contributed by atoms with Gasteiger partial charge in [0, 0.05) is 13.0 Å². The number of aliphatic carboxylic acids is 3. The first kappa shape index (κ1) is 44.1. The van der Waals surface area contributed by atoms with Crippen molar-refractivity contribution in [2.24, 2.45) is 17.4 Å². The Labute approximate surface area is 295 Å². The number of thioether (sulfide) groups is 1. The van der Waals surface area contributed by atoms with Crippen LogP contribution in [0.15, 0.2) is 0 Å². The van der Waals surface area contributed by atoms with Crippen molar-refractivity contribution in [2.45, 2.75) is 114 Å². The summed E-state index contributed by atoms with van der Waals surface area (Å²) in [4.78, 5) is 102. The quantitative estimate of drug-likeness (QED) is 0.0516. The van der Waals surface area contributed by atoms with Crippen molar-refractivity contribution in [3.63, 3.8) is 0 Å². The fraction of sp³-hybridized carbons (Fsp3) is 0.742. The van der Waals surface area contributed by atoms with Crippen molar-refractivity contribution in [1.29, 1.82) is 0 Å². The largest absolute Gasteiger partial charge is 0.481 e.